The maximum atomic E-state index is 15.2. The molecule has 1 aliphatic rings. The van der Waals surface area contributed by atoms with Gasteiger partial charge >= 0.3 is 371 Å². The second-order valence-electron chi connectivity index (χ2n) is 12.7. The molecule has 0 amide bonds. The summed E-state index contributed by atoms with van der Waals surface area (Å²) < 4.78 is 81.9. The Balaban J connectivity index is 1.73. The van der Waals surface area contributed by atoms with Gasteiger partial charge in [-0.05, 0) is 0 Å². The zero-order chi connectivity index (χ0) is 43.4. The van der Waals surface area contributed by atoms with Crippen molar-refractivity contribution in [2.24, 2.45) is 4.52 Å². The zero-order valence-electron chi connectivity index (χ0n) is 30.6. The summed E-state index contributed by atoms with van der Waals surface area (Å²) in [5.41, 5.74) is 31.5. The molecular formula is C35H35Cl5F3N8O6P3. The van der Waals surface area contributed by atoms with E-state index in [2.05, 4.69) is 4.86 Å². The van der Waals surface area contributed by atoms with Gasteiger partial charge in [0.2, 0.25) is 0 Å². The van der Waals surface area contributed by atoms with E-state index in [9.17, 15) is 8.78 Å². The Hall–Kier alpha value is -3.69. The average Bonchev–Trinajstić information content (AvgIpc) is 3.15. The van der Waals surface area contributed by atoms with Gasteiger partial charge in [0, 0.05) is 0 Å². The Morgan fingerprint density at radius 2 is 1.00 bits per heavy atom. The summed E-state index contributed by atoms with van der Waals surface area (Å²) in [6.45, 7) is -0.719. The fourth-order valence-corrected chi connectivity index (χ4v) is 16.1. The van der Waals surface area contributed by atoms with Crippen LogP contribution in [-0.4, -0.2) is 23.8 Å². The summed E-state index contributed by atoms with van der Waals surface area (Å²) in [7, 11) is -11.6. The Kier molecular flexibility index (Phi) is 14.3. The molecule has 2 unspecified atom stereocenters. The third-order valence-corrected chi connectivity index (χ3v) is 18.1. The van der Waals surface area contributed by atoms with Crippen LogP contribution in [0.15, 0.2) is 95.5 Å². The van der Waals surface area contributed by atoms with Crippen LogP contribution >= 0.6 is 82.1 Å². The van der Waals surface area contributed by atoms with Crippen molar-refractivity contribution in [2.45, 2.75) is 25.4 Å². The van der Waals surface area contributed by atoms with Gasteiger partial charge < -0.3 is 0 Å². The molecule has 5 aromatic rings. The summed E-state index contributed by atoms with van der Waals surface area (Å²) in [5.74, 6) is -0.665. The molecule has 6 rings (SSSR count). The summed E-state index contributed by atoms with van der Waals surface area (Å²) in [6.07, 6.45) is -6.82. The second kappa shape index (κ2) is 18.7. The molecule has 0 radical (unpaired) electrons. The number of hydrogen-bond acceptors (Lipinski definition) is 14. The molecule has 0 fully saturated rings. The Morgan fingerprint density at radius 1 is 0.617 bits per heavy atom. The number of halogens is 8. The SMILES string of the molecule is Nc1ccc(ON2P(Oc3ccc(N)cc3Cl)(Oc3ccc(N)cc3Cl)=NPNP2(OCCC(F)CC(F)F)(Oc2ccc(N)cc2Cl)Oc2ccc(N)cc2Cl)c(Cl)c1. The van der Waals surface area contributed by atoms with Crippen LogP contribution in [0.3, 0.4) is 0 Å². The molecule has 11 N–H and O–H groups in total. The molecule has 1 heterocycles. The van der Waals surface area contributed by atoms with Gasteiger partial charge in [0.25, 0.3) is 0 Å². The Labute approximate surface area is 368 Å². The van der Waals surface area contributed by atoms with Crippen LogP contribution in [0.1, 0.15) is 12.8 Å². The van der Waals surface area contributed by atoms with E-state index in [-0.39, 0.29) is 82.3 Å². The van der Waals surface area contributed by atoms with Crippen molar-refractivity contribution in [1.29, 1.82) is 0 Å². The van der Waals surface area contributed by atoms with Crippen molar-refractivity contribution in [3.05, 3.63) is 116 Å². The predicted molar refractivity (Wildman–Crippen MR) is 238 cm³/mol. The van der Waals surface area contributed by atoms with Crippen LogP contribution in [0, 0.1) is 0 Å². The monoisotopic (exact) mass is 988 g/mol. The van der Waals surface area contributed by atoms with Crippen molar-refractivity contribution >= 4 is 111 Å². The third-order valence-electron chi connectivity index (χ3n) is 8.02. The molecule has 5 aromatic carbocycles. The van der Waals surface area contributed by atoms with Crippen LogP contribution in [0.4, 0.5) is 41.6 Å². The van der Waals surface area contributed by atoms with Crippen LogP contribution in [0.2, 0.25) is 25.1 Å². The Morgan fingerprint density at radius 3 is 1.38 bits per heavy atom. The van der Waals surface area contributed by atoms with Gasteiger partial charge in [0.05, 0.1) is 0 Å². The van der Waals surface area contributed by atoms with Crippen molar-refractivity contribution in [3.8, 4) is 28.7 Å². The van der Waals surface area contributed by atoms with E-state index in [0.717, 1.165) is 4.60 Å². The molecular weight excluding hydrogens is 956 g/mol. The molecule has 0 aromatic heterocycles. The molecule has 2 atom stereocenters. The van der Waals surface area contributed by atoms with E-state index >= 15 is 4.39 Å². The number of alkyl halides is 3. The zero-order valence-corrected chi connectivity index (χ0v) is 37.2. The molecule has 60 heavy (non-hydrogen) atoms. The molecule has 0 bridgehead atoms. The molecule has 14 nitrogen and oxygen atoms in total. The van der Waals surface area contributed by atoms with Gasteiger partial charge in [-0.2, -0.15) is 0 Å². The van der Waals surface area contributed by atoms with Crippen LogP contribution in [0.5, 0.6) is 28.7 Å². The van der Waals surface area contributed by atoms with Crippen molar-refractivity contribution in [2.75, 3.05) is 35.3 Å². The fourth-order valence-electron chi connectivity index (χ4n) is 5.26. The summed E-state index contributed by atoms with van der Waals surface area (Å²) >= 11 is 33.8. The van der Waals surface area contributed by atoms with Crippen LogP contribution in [-0.2, 0) is 4.52 Å². The van der Waals surface area contributed by atoms with Crippen molar-refractivity contribution in [1.82, 2.24) is 9.46 Å². The van der Waals surface area contributed by atoms with Gasteiger partial charge in [-0.1, -0.05) is 0 Å². The van der Waals surface area contributed by atoms with E-state index in [4.69, 9.17) is 119 Å². The average molecular weight is 991 g/mol. The first-order valence-corrected chi connectivity index (χ1v) is 23.5. The third kappa shape index (κ3) is 10.3. The number of nitrogens with two attached hydrogens (primary N) is 5. The number of hydrogen-bond donors (Lipinski definition) is 6. The molecule has 0 saturated heterocycles. The number of anilines is 5. The summed E-state index contributed by atoms with van der Waals surface area (Å²) in [4.78, 5) is 9.82. The molecule has 1 aliphatic heterocycles. The van der Waals surface area contributed by atoms with Gasteiger partial charge in [0.1, 0.15) is 0 Å². The second-order valence-corrected chi connectivity index (χ2v) is 21.3. The topological polar surface area (TPSA) is 213 Å². The minimum atomic E-state index is -6.07. The predicted octanol–water partition coefficient (Wildman–Crippen LogP) is 12.4. The van der Waals surface area contributed by atoms with Crippen LogP contribution < -0.4 is 56.5 Å². The molecule has 0 spiro atoms. The quantitative estimate of drug-likeness (QED) is 0.0402. The minimum absolute atomic E-state index is 0.0255. The number of nitrogens with one attached hydrogen (secondary N) is 1. The van der Waals surface area contributed by atoms with Gasteiger partial charge in [-0.3, -0.25) is 0 Å². The number of nitrogen functional groups attached to an aromatic ring is 5. The fraction of sp³-hybridized carbons (Fsp3) is 0.143. The summed E-state index contributed by atoms with van der Waals surface area (Å²) in [5, 5.41) is -0.319. The number of nitrogens with zero attached hydrogens (tertiary/aromatic N) is 2. The first-order valence-electron chi connectivity index (χ1n) is 17.2. The normalized spacial score (nSPS) is 17.2. The molecule has 0 aliphatic carbocycles. The van der Waals surface area contributed by atoms with Gasteiger partial charge in [-0.25, -0.2) is 0 Å². The first-order chi connectivity index (χ1) is 28.4. The van der Waals surface area contributed by atoms with E-state index < -0.39 is 56.2 Å². The standard InChI is InChI=1S/C35H35Cl5F3N8O6P3/c36-25-14-20(44)1-6-30(25)53-51-59(54-31-7-2-21(45)15-26(31)37,55-32-8-3-22(46)16-27(32)38)49-58-50-60(51,52-12-11-19(41)13-35(42)43,56-33-9-4-23(47)17-28(33)39)57-34-10-5-24(48)18-29(34)40/h1-10,14-19,35,50,58H,11-13,44-48H2. The Bertz CT molecular complexity index is 2340. The molecule has 25 heteroatoms. The van der Waals surface area contributed by atoms with E-state index in [1.54, 1.807) is 0 Å². The number of benzene rings is 5. The first kappa shape index (κ1) is 45.8. The van der Waals surface area contributed by atoms with Crippen molar-refractivity contribution < 1.29 is 40.6 Å². The van der Waals surface area contributed by atoms with E-state index in [1.165, 1.54) is 91.0 Å². The maximum absolute atomic E-state index is 15.2. The van der Waals surface area contributed by atoms with Gasteiger partial charge in [0.15, 0.2) is 0 Å². The molecule has 322 valence electrons. The van der Waals surface area contributed by atoms with E-state index in [1.807, 2.05) is 0 Å². The number of rotatable bonds is 16. The van der Waals surface area contributed by atoms with E-state index in [0.29, 0.717) is 0 Å². The van der Waals surface area contributed by atoms with Crippen LogP contribution in [0.25, 0.3) is 0 Å². The van der Waals surface area contributed by atoms with Gasteiger partial charge in [-0.15, -0.1) is 0 Å². The summed E-state index contributed by atoms with van der Waals surface area (Å²) in [6, 6.07) is 21.2. The van der Waals surface area contributed by atoms with Crippen molar-refractivity contribution in [3.63, 3.8) is 0 Å². The molecule has 0 saturated carbocycles.